The SMILES string of the molecule is [CH2]OCCCC#CC(F)(F)F. The van der Waals surface area contributed by atoms with Crippen molar-refractivity contribution < 1.29 is 17.9 Å². The summed E-state index contributed by atoms with van der Waals surface area (Å²) in [6.07, 6.45) is -3.70. The molecule has 0 aliphatic carbocycles. The van der Waals surface area contributed by atoms with Gasteiger partial charge in [-0.05, 0) is 6.42 Å². The molecule has 0 aliphatic heterocycles. The summed E-state index contributed by atoms with van der Waals surface area (Å²) in [7, 11) is 3.06. The molecule has 0 rings (SSSR count). The molecule has 0 amide bonds. The fourth-order valence-electron chi connectivity index (χ4n) is 0.425. The van der Waals surface area contributed by atoms with Gasteiger partial charge in [-0.3, -0.25) is 0 Å². The van der Waals surface area contributed by atoms with Crippen LogP contribution in [-0.4, -0.2) is 12.8 Å². The lowest BCUT2D eigenvalue weighted by molar-refractivity contribution is -0.0697. The van der Waals surface area contributed by atoms with Crippen LogP contribution in [0.15, 0.2) is 0 Å². The first-order valence-corrected chi connectivity index (χ1v) is 3.00. The van der Waals surface area contributed by atoms with Gasteiger partial charge in [-0.15, -0.1) is 0 Å². The molecule has 0 bridgehead atoms. The maximum Gasteiger partial charge on any atom is 0.457 e. The number of rotatable bonds is 3. The van der Waals surface area contributed by atoms with Crippen molar-refractivity contribution in [3.63, 3.8) is 0 Å². The van der Waals surface area contributed by atoms with Gasteiger partial charge in [0.1, 0.15) is 0 Å². The van der Waals surface area contributed by atoms with Gasteiger partial charge in [0.25, 0.3) is 0 Å². The summed E-state index contributed by atoms with van der Waals surface area (Å²) >= 11 is 0. The van der Waals surface area contributed by atoms with Crippen LogP contribution in [0.4, 0.5) is 13.2 Å². The molecule has 11 heavy (non-hydrogen) atoms. The lowest BCUT2D eigenvalue weighted by atomic mass is 10.3. The molecule has 0 unspecified atom stereocenters. The van der Waals surface area contributed by atoms with Crippen LogP contribution in [0.2, 0.25) is 0 Å². The van der Waals surface area contributed by atoms with Crippen LogP contribution in [0.5, 0.6) is 0 Å². The third kappa shape index (κ3) is 9.31. The van der Waals surface area contributed by atoms with E-state index in [1.807, 2.05) is 5.92 Å². The zero-order chi connectivity index (χ0) is 8.74. The van der Waals surface area contributed by atoms with Crippen molar-refractivity contribution in [3.05, 3.63) is 7.11 Å². The molecule has 0 aliphatic rings. The van der Waals surface area contributed by atoms with Crippen molar-refractivity contribution in [2.45, 2.75) is 19.0 Å². The Bertz CT molecular complexity index is 151. The van der Waals surface area contributed by atoms with E-state index in [1.54, 1.807) is 0 Å². The van der Waals surface area contributed by atoms with E-state index in [9.17, 15) is 13.2 Å². The van der Waals surface area contributed by atoms with E-state index in [-0.39, 0.29) is 6.42 Å². The second-order valence-corrected chi connectivity index (χ2v) is 1.81. The highest BCUT2D eigenvalue weighted by atomic mass is 19.4. The maximum atomic E-state index is 11.3. The zero-order valence-electron chi connectivity index (χ0n) is 5.87. The first kappa shape index (κ1) is 10.3. The molecule has 0 fully saturated rings. The predicted molar refractivity (Wildman–Crippen MR) is 34.4 cm³/mol. The Labute approximate surface area is 63.5 Å². The molecule has 0 saturated heterocycles. The molecule has 0 spiro atoms. The van der Waals surface area contributed by atoms with Crippen LogP contribution in [-0.2, 0) is 4.74 Å². The molecule has 0 aromatic carbocycles. The summed E-state index contributed by atoms with van der Waals surface area (Å²) in [6.45, 7) is 0.340. The largest absolute Gasteiger partial charge is 0.457 e. The fourth-order valence-corrected chi connectivity index (χ4v) is 0.425. The third-order valence-electron chi connectivity index (χ3n) is 0.821. The van der Waals surface area contributed by atoms with E-state index in [2.05, 4.69) is 11.8 Å². The zero-order valence-corrected chi connectivity index (χ0v) is 5.87. The number of alkyl halides is 3. The molecule has 4 heteroatoms. The molecule has 0 heterocycles. The lowest BCUT2D eigenvalue weighted by Gasteiger charge is -1.93. The highest BCUT2D eigenvalue weighted by molar-refractivity contribution is 5.04. The van der Waals surface area contributed by atoms with Gasteiger partial charge >= 0.3 is 6.18 Å². The van der Waals surface area contributed by atoms with E-state index in [4.69, 9.17) is 0 Å². The molecule has 63 valence electrons. The molecule has 0 saturated carbocycles. The summed E-state index contributed by atoms with van der Waals surface area (Å²) < 4.78 is 38.4. The molecular formula is C7H8F3O. The smallest absolute Gasteiger partial charge is 0.379 e. The van der Waals surface area contributed by atoms with Crippen LogP contribution in [0.25, 0.3) is 0 Å². The van der Waals surface area contributed by atoms with Crippen LogP contribution >= 0.6 is 0 Å². The highest BCUT2D eigenvalue weighted by Gasteiger charge is 2.22. The number of unbranched alkanes of at least 4 members (excludes halogenated alkanes) is 1. The third-order valence-corrected chi connectivity index (χ3v) is 0.821. The van der Waals surface area contributed by atoms with Crippen molar-refractivity contribution in [2.75, 3.05) is 6.61 Å². The summed E-state index contributed by atoms with van der Waals surface area (Å²) in [5, 5.41) is 0. The first-order valence-electron chi connectivity index (χ1n) is 3.00. The summed E-state index contributed by atoms with van der Waals surface area (Å²) in [4.78, 5) is 0. The average Bonchev–Trinajstić information content (AvgIpc) is 1.85. The molecular weight excluding hydrogens is 157 g/mol. The first-order chi connectivity index (χ1) is 5.06. The summed E-state index contributed by atoms with van der Waals surface area (Å²) in [5.41, 5.74) is 0. The minimum atomic E-state index is -4.37. The van der Waals surface area contributed by atoms with Gasteiger partial charge in [-0.1, -0.05) is 5.92 Å². The maximum absolute atomic E-state index is 11.3. The molecule has 0 aromatic rings. The normalized spacial score (nSPS) is 10.5. The van der Waals surface area contributed by atoms with E-state index in [0.717, 1.165) is 5.92 Å². The van der Waals surface area contributed by atoms with Crippen molar-refractivity contribution in [2.24, 2.45) is 0 Å². The minimum absolute atomic E-state index is 0.190. The molecule has 1 nitrogen and oxygen atoms in total. The van der Waals surface area contributed by atoms with E-state index in [1.165, 1.54) is 0 Å². The van der Waals surface area contributed by atoms with E-state index < -0.39 is 6.18 Å². The Kier molecular flexibility index (Phi) is 4.71. The van der Waals surface area contributed by atoms with Crippen molar-refractivity contribution >= 4 is 0 Å². The molecule has 0 N–H and O–H groups in total. The van der Waals surface area contributed by atoms with E-state index in [0.29, 0.717) is 13.0 Å². The van der Waals surface area contributed by atoms with Gasteiger partial charge in [-0.2, -0.15) is 13.2 Å². The van der Waals surface area contributed by atoms with Crippen LogP contribution in [0.1, 0.15) is 12.8 Å². The minimum Gasteiger partial charge on any atom is -0.379 e. The topological polar surface area (TPSA) is 9.23 Å². The quantitative estimate of drug-likeness (QED) is 0.460. The molecule has 1 radical (unpaired) electrons. The number of ether oxygens (including phenoxy) is 1. The molecule has 0 atom stereocenters. The lowest BCUT2D eigenvalue weighted by Crippen LogP contribution is -2.01. The Morgan fingerprint density at radius 2 is 2.00 bits per heavy atom. The van der Waals surface area contributed by atoms with Gasteiger partial charge in [-0.25, -0.2) is 0 Å². The van der Waals surface area contributed by atoms with Crippen molar-refractivity contribution in [1.82, 2.24) is 0 Å². The van der Waals surface area contributed by atoms with Gasteiger partial charge < -0.3 is 4.74 Å². The van der Waals surface area contributed by atoms with Crippen LogP contribution < -0.4 is 0 Å². The second kappa shape index (κ2) is 5.03. The van der Waals surface area contributed by atoms with Gasteiger partial charge in [0.05, 0.1) is 7.11 Å². The second-order valence-electron chi connectivity index (χ2n) is 1.81. The Morgan fingerprint density at radius 1 is 1.36 bits per heavy atom. The predicted octanol–water partition coefficient (Wildman–Crippen LogP) is 2.14. The average molecular weight is 165 g/mol. The van der Waals surface area contributed by atoms with Gasteiger partial charge in [0, 0.05) is 18.9 Å². The van der Waals surface area contributed by atoms with Gasteiger partial charge in [0.2, 0.25) is 0 Å². The standard InChI is InChI=1S/C7H8F3O/c1-11-6-4-2-3-5-7(8,9)10/h1-2,4,6H2. The van der Waals surface area contributed by atoms with Crippen molar-refractivity contribution in [3.8, 4) is 11.8 Å². The van der Waals surface area contributed by atoms with Crippen molar-refractivity contribution in [1.29, 1.82) is 0 Å². The summed E-state index contributed by atoms with van der Waals surface area (Å²) in [6, 6.07) is 0. The monoisotopic (exact) mass is 165 g/mol. The Hall–Kier alpha value is -0.690. The van der Waals surface area contributed by atoms with Gasteiger partial charge in [0.15, 0.2) is 0 Å². The number of halogens is 3. The molecule has 0 aromatic heterocycles. The fraction of sp³-hybridized carbons (Fsp3) is 0.571. The number of hydrogen-bond acceptors (Lipinski definition) is 1. The van der Waals surface area contributed by atoms with E-state index >= 15 is 0 Å². The summed E-state index contributed by atoms with van der Waals surface area (Å²) in [5.74, 6) is 3.13. The number of hydrogen-bond donors (Lipinski definition) is 0. The van der Waals surface area contributed by atoms with Crippen LogP contribution in [0, 0.1) is 19.0 Å². The van der Waals surface area contributed by atoms with Crippen LogP contribution in [0.3, 0.4) is 0 Å². The Balaban J connectivity index is 3.41. The highest BCUT2D eigenvalue weighted by Crippen LogP contribution is 2.11. The Morgan fingerprint density at radius 3 is 2.45 bits per heavy atom.